The number of methoxy groups -OCH3 is 1. The minimum Gasteiger partial charge on any atom is -0.497 e. The van der Waals surface area contributed by atoms with E-state index in [0.29, 0.717) is 18.8 Å². The van der Waals surface area contributed by atoms with Crippen molar-refractivity contribution in [1.82, 2.24) is 9.80 Å². The van der Waals surface area contributed by atoms with Gasteiger partial charge in [-0.2, -0.15) is 8.42 Å². The Kier molecular flexibility index (Phi) is 7.56. The van der Waals surface area contributed by atoms with E-state index in [1.54, 1.807) is 30.3 Å². The molecule has 0 aliphatic heterocycles. The molecule has 0 radical (unpaired) electrons. The first-order valence-electron chi connectivity index (χ1n) is 10.4. The summed E-state index contributed by atoms with van der Waals surface area (Å²) in [6, 6.07) is 12.9. The Balaban J connectivity index is 1.73. The maximum Gasteiger partial charge on any atom is 0.339 e. The number of rotatable bonds is 10. The Morgan fingerprint density at radius 2 is 1.74 bits per heavy atom. The van der Waals surface area contributed by atoms with Gasteiger partial charge in [0.15, 0.2) is 0 Å². The van der Waals surface area contributed by atoms with Gasteiger partial charge in [-0.15, -0.1) is 0 Å². The number of likely N-dealkylation sites (N-methyl/N-ethyl adjacent to an activating group) is 1. The summed E-state index contributed by atoms with van der Waals surface area (Å²) in [5, 5.41) is 0. The summed E-state index contributed by atoms with van der Waals surface area (Å²) in [7, 11) is 1.50. The predicted molar refractivity (Wildman–Crippen MR) is 119 cm³/mol. The summed E-state index contributed by atoms with van der Waals surface area (Å²) in [6.07, 6.45) is 2.99. The minimum atomic E-state index is -3.97. The lowest BCUT2D eigenvalue weighted by Gasteiger charge is -2.32. The lowest BCUT2D eigenvalue weighted by molar-refractivity contribution is -0.139. The Morgan fingerprint density at radius 1 is 1.03 bits per heavy atom. The van der Waals surface area contributed by atoms with Crippen molar-refractivity contribution in [2.24, 2.45) is 5.92 Å². The average Bonchev–Trinajstić information content (AvgIpc) is 2.69. The lowest BCUT2D eigenvalue weighted by atomic mass is 9.84. The van der Waals surface area contributed by atoms with Crippen LogP contribution in [0.15, 0.2) is 53.4 Å². The number of benzene rings is 2. The molecule has 1 saturated carbocycles. The van der Waals surface area contributed by atoms with Crippen LogP contribution in [0.5, 0.6) is 11.5 Å². The molecule has 0 bridgehead atoms. The van der Waals surface area contributed by atoms with E-state index < -0.39 is 10.1 Å². The molecule has 0 saturated heterocycles. The molecule has 0 N–H and O–H groups in total. The summed E-state index contributed by atoms with van der Waals surface area (Å²) in [5.41, 5.74) is 0.828. The Bertz CT molecular complexity index is 985. The molecule has 1 aliphatic rings. The Hall–Kier alpha value is -2.58. The van der Waals surface area contributed by atoms with Crippen molar-refractivity contribution in [3.05, 3.63) is 54.1 Å². The van der Waals surface area contributed by atoms with Gasteiger partial charge in [-0.3, -0.25) is 4.79 Å². The van der Waals surface area contributed by atoms with E-state index >= 15 is 0 Å². The molecule has 31 heavy (non-hydrogen) atoms. The number of carbonyl (C=O) groups is 1. The molecule has 1 fully saturated rings. The summed E-state index contributed by atoms with van der Waals surface area (Å²) in [6.45, 7) is 1.81. The lowest BCUT2D eigenvalue weighted by Crippen LogP contribution is -2.41. The first kappa shape index (κ1) is 23.1. The van der Waals surface area contributed by atoms with Crippen molar-refractivity contribution in [2.75, 3.05) is 34.3 Å². The van der Waals surface area contributed by atoms with E-state index in [9.17, 15) is 13.2 Å². The van der Waals surface area contributed by atoms with E-state index in [2.05, 4.69) is 0 Å². The molecular weight excluding hydrogens is 416 g/mol. The van der Waals surface area contributed by atoms with Crippen LogP contribution in [0.1, 0.15) is 24.8 Å². The van der Waals surface area contributed by atoms with Gasteiger partial charge in [0.2, 0.25) is 5.91 Å². The molecule has 0 spiro atoms. The predicted octanol–water partition coefficient (Wildman–Crippen LogP) is 3.15. The van der Waals surface area contributed by atoms with E-state index in [-0.39, 0.29) is 22.5 Å². The molecule has 1 aliphatic carbocycles. The fourth-order valence-corrected chi connectivity index (χ4v) is 4.26. The molecule has 1 amide bonds. The monoisotopic (exact) mass is 446 g/mol. The highest BCUT2D eigenvalue weighted by molar-refractivity contribution is 7.87. The number of hydrogen-bond donors (Lipinski definition) is 0. The molecule has 2 aromatic rings. The molecular formula is C23H30N2O5S. The topological polar surface area (TPSA) is 76.2 Å². The van der Waals surface area contributed by atoms with E-state index in [0.717, 1.165) is 31.4 Å². The van der Waals surface area contributed by atoms with Gasteiger partial charge in [-0.25, -0.2) is 0 Å². The third-order valence-electron chi connectivity index (χ3n) is 5.41. The van der Waals surface area contributed by atoms with Gasteiger partial charge >= 0.3 is 10.1 Å². The third-order valence-corrected chi connectivity index (χ3v) is 6.67. The van der Waals surface area contributed by atoms with Gasteiger partial charge in [0.25, 0.3) is 0 Å². The van der Waals surface area contributed by atoms with Gasteiger partial charge in [0.05, 0.1) is 7.11 Å². The number of amides is 1. The molecule has 3 rings (SSSR count). The summed E-state index contributed by atoms with van der Waals surface area (Å²) >= 11 is 0. The number of hydrogen-bond acceptors (Lipinski definition) is 6. The quantitative estimate of drug-likeness (QED) is 0.522. The average molecular weight is 447 g/mol. The van der Waals surface area contributed by atoms with Crippen LogP contribution in [0, 0.1) is 5.92 Å². The minimum absolute atomic E-state index is 0.0477. The van der Waals surface area contributed by atoms with Crippen molar-refractivity contribution in [3.63, 3.8) is 0 Å². The fourth-order valence-electron chi connectivity index (χ4n) is 3.33. The Labute approximate surface area is 184 Å². The van der Waals surface area contributed by atoms with Gasteiger partial charge in [-0.1, -0.05) is 18.6 Å². The van der Waals surface area contributed by atoms with Crippen molar-refractivity contribution >= 4 is 16.0 Å². The zero-order chi connectivity index (χ0) is 22.4. The summed E-state index contributed by atoms with van der Waals surface area (Å²) in [5.74, 6) is 1.06. The zero-order valence-electron chi connectivity index (χ0n) is 18.3. The number of nitrogens with zero attached hydrogens (tertiary/aromatic N) is 2. The normalized spacial score (nSPS) is 14.2. The fraction of sp³-hybridized carbons (Fsp3) is 0.435. The number of ether oxygens (including phenoxy) is 1. The SMILES string of the molecule is COc1ccc(S(=O)(=O)Oc2cccc(CN(CCN(C)C)C(=O)C3CCC3)c2)cc1. The second kappa shape index (κ2) is 10.2. The number of carbonyl (C=O) groups excluding carboxylic acids is 1. The summed E-state index contributed by atoms with van der Waals surface area (Å²) < 4.78 is 35.7. The second-order valence-electron chi connectivity index (χ2n) is 8.05. The molecule has 0 aromatic heterocycles. The van der Waals surface area contributed by atoms with Gasteiger partial charge in [-0.05, 0) is 68.9 Å². The highest BCUT2D eigenvalue weighted by Gasteiger charge is 2.29. The van der Waals surface area contributed by atoms with Gasteiger partial charge in [0.1, 0.15) is 16.4 Å². The van der Waals surface area contributed by atoms with Crippen LogP contribution in [-0.2, 0) is 21.5 Å². The first-order chi connectivity index (χ1) is 14.8. The Morgan fingerprint density at radius 3 is 2.32 bits per heavy atom. The van der Waals surface area contributed by atoms with Crippen molar-refractivity contribution in [1.29, 1.82) is 0 Å². The molecule has 7 nitrogen and oxygen atoms in total. The molecule has 0 atom stereocenters. The van der Waals surface area contributed by atoms with Crippen molar-refractivity contribution in [3.8, 4) is 11.5 Å². The second-order valence-corrected chi connectivity index (χ2v) is 9.60. The standard InChI is InChI=1S/C23H30N2O5S/c1-24(2)14-15-25(23(26)19-7-5-8-19)17-18-6-4-9-21(16-18)30-31(27,28)22-12-10-20(29-3)11-13-22/h4,6,9-13,16,19H,5,7-8,14-15,17H2,1-3H3. The molecule has 0 heterocycles. The molecule has 0 unspecified atom stereocenters. The van der Waals surface area contributed by atoms with Crippen LogP contribution in [0.2, 0.25) is 0 Å². The van der Waals surface area contributed by atoms with E-state index in [1.807, 2.05) is 30.0 Å². The van der Waals surface area contributed by atoms with Crippen LogP contribution < -0.4 is 8.92 Å². The van der Waals surface area contributed by atoms with Crippen molar-refractivity contribution < 1.29 is 22.1 Å². The zero-order valence-corrected chi connectivity index (χ0v) is 19.1. The van der Waals surface area contributed by atoms with E-state index in [1.165, 1.54) is 19.2 Å². The van der Waals surface area contributed by atoms with Crippen LogP contribution >= 0.6 is 0 Å². The maximum absolute atomic E-state index is 12.9. The maximum atomic E-state index is 12.9. The molecule has 168 valence electrons. The van der Waals surface area contributed by atoms with Crippen molar-refractivity contribution in [2.45, 2.75) is 30.7 Å². The highest BCUT2D eigenvalue weighted by Crippen LogP contribution is 2.29. The van der Waals surface area contributed by atoms with Gasteiger partial charge in [0, 0.05) is 25.6 Å². The van der Waals surface area contributed by atoms with Crippen LogP contribution in [-0.4, -0.2) is 58.4 Å². The van der Waals surface area contributed by atoms with Crippen LogP contribution in [0.25, 0.3) is 0 Å². The van der Waals surface area contributed by atoms with Gasteiger partial charge < -0.3 is 18.7 Å². The van der Waals surface area contributed by atoms with E-state index in [4.69, 9.17) is 8.92 Å². The van der Waals surface area contributed by atoms with Crippen LogP contribution in [0.3, 0.4) is 0 Å². The summed E-state index contributed by atoms with van der Waals surface area (Å²) in [4.78, 5) is 16.8. The largest absolute Gasteiger partial charge is 0.497 e. The molecule has 2 aromatic carbocycles. The smallest absolute Gasteiger partial charge is 0.339 e. The third kappa shape index (κ3) is 6.21. The first-order valence-corrected chi connectivity index (χ1v) is 11.8. The van der Waals surface area contributed by atoms with Crippen LogP contribution in [0.4, 0.5) is 0 Å². The highest BCUT2D eigenvalue weighted by atomic mass is 32.2. The molecule has 8 heteroatoms.